The molecule has 0 aliphatic rings. The third kappa shape index (κ3) is 3.60. The van der Waals surface area contributed by atoms with Gasteiger partial charge in [0.05, 0.1) is 26.3 Å². The third-order valence-electron chi connectivity index (χ3n) is 2.55. The van der Waals surface area contributed by atoms with Crippen LogP contribution < -0.4 is 10.5 Å². The third-order valence-corrected chi connectivity index (χ3v) is 2.55. The van der Waals surface area contributed by atoms with Gasteiger partial charge in [-0.05, 0) is 6.92 Å². The van der Waals surface area contributed by atoms with Crippen molar-refractivity contribution >= 4 is 5.97 Å². The molecule has 5 nitrogen and oxygen atoms in total. The zero-order valence-corrected chi connectivity index (χ0v) is 10.8. The van der Waals surface area contributed by atoms with E-state index in [0.29, 0.717) is 5.56 Å². The van der Waals surface area contributed by atoms with E-state index < -0.39 is 18.1 Å². The number of alkyl halides is 2. The number of esters is 1. The van der Waals surface area contributed by atoms with Gasteiger partial charge in [0, 0.05) is 17.7 Å². The van der Waals surface area contributed by atoms with Gasteiger partial charge >= 0.3 is 5.97 Å². The largest absolute Gasteiger partial charge is 0.495 e. The predicted molar refractivity (Wildman–Crippen MR) is 64.0 cm³/mol. The summed E-state index contributed by atoms with van der Waals surface area (Å²) in [6.45, 7) is 1.72. The molecule has 0 fully saturated rings. The number of halogens is 2. The van der Waals surface area contributed by atoms with Gasteiger partial charge in [0.25, 0.3) is 6.43 Å². The van der Waals surface area contributed by atoms with Crippen LogP contribution in [0.25, 0.3) is 0 Å². The van der Waals surface area contributed by atoms with Crippen molar-refractivity contribution in [2.75, 3.05) is 13.7 Å². The Balaban J connectivity index is 3.23. The fourth-order valence-electron chi connectivity index (χ4n) is 1.73. The lowest BCUT2D eigenvalue weighted by atomic mass is 10.0. The number of pyridine rings is 1. The second-order valence-corrected chi connectivity index (χ2v) is 3.66. The lowest BCUT2D eigenvalue weighted by Crippen LogP contribution is -2.15. The number of ether oxygens (including phenoxy) is 2. The molecule has 0 amide bonds. The SMILES string of the molecule is CCOC(=O)Cc1c(OC)cnc(C(F)F)c1CN. The minimum atomic E-state index is -2.76. The van der Waals surface area contributed by atoms with Crippen molar-refractivity contribution in [1.82, 2.24) is 4.98 Å². The van der Waals surface area contributed by atoms with Crippen LogP contribution in [0.1, 0.15) is 30.2 Å². The molecule has 0 bridgehead atoms. The first-order valence-electron chi connectivity index (χ1n) is 5.73. The Kier molecular flexibility index (Phi) is 5.62. The van der Waals surface area contributed by atoms with E-state index in [2.05, 4.69) is 4.98 Å². The maximum absolute atomic E-state index is 12.8. The Labute approximate surface area is 109 Å². The molecule has 0 aliphatic heterocycles. The van der Waals surface area contributed by atoms with E-state index in [1.807, 2.05) is 0 Å². The second-order valence-electron chi connectivity index (χ2n) is 3.66. The van der Waals surface area contributed by atoms with Crippen LogP contribution in [-0.4, -0.2) is 24.7 Å². The monoisotopic (exact) mass is 274 g/mol. The zero-order chi connectivity index (χ0) is 14.4. The van der Waals surface area contributed by atoms with Crippen molar-refractivity contribution in [1.29, 1.82) is 0 Å². The van der Waals surface area contributed by atoms with Gasteiger partial charge in [0.15, 0.2) is 0 Å². The number of hydrogen-bond acceptors (Lipinski definition) is 5. The summed E-state index contributed by atoms with van der Waals surface area (Å²) in [5.74, 6) is -0.278. The van der Waals surface area contributed by atoms with Crippen LogP contribution in [0.5, 0.6) is 5.75 Å². The lowest BCUT2D eigenvalue weighted by molar-refractivity contribution is -0.142. The Morgan fingerprint density at radius 2 is 2.16 bits per heavy atom. The molecule has 106 valence electrons. The van der Waals surface area contributed by atoms with Crippen molar-refractivity contribution in [3.63, 3.8) is 0 Å². The number of rotatable bonds is 6. The Morgan fingerprint density at radius 3 is 2.63 bits per heavy atom. The molecule has 2 N–H and O–H groups in total. The molecule has 0 saturated carbocycles. The standard InChI is InChI=1S/C12H16F2N2O3/c1-3-19-10(17)4-7-8(5-15)11(12(13)14)16-6-9(7)18-2/h6,12H,3-5,15H2,1-2H3. The summed E-state index contributed by atoms with van der Waals surface area (Å²) in [6.07, 6.45) is -1.77. The highest BCUT2D eigenvalue weighted by Gasteiger charge is 2.22. The van der Waals surface area contributed by atoms with Crippen LogP contribution >= 0.6 is 0 Å². The summed E-state index contributed by atoms with van der Waals surface area (Å²) in [6, 6.07) is 0. The van der Waals surface area contributed by atoms with Gasteiger partial charge < -0.3 is 15.2 Å². The van der Waals surface area contributed by atoms with Crippen molar-refractivity contribution < 1.29 is 23.0 Å². The highest BCUT2D eigenvalue weighted by Crippen LogP contribution is 2.29. The van der Waals surface area contributed by atoms with E-state index in [9.17, 15) is 13.6 Å². The van der Waals surface area contributed by atoms with Crippen LogP contribution in [-0.2, 0) is 22.5 Å². The highest BCUT2D eigenvalue weighted by atomic mass is 19.3. The highest BCUT2D eigenvalue weighted by molar-refractivity contribution is 5.74. The predicted octanol–water partition coefficient (Wildman–Crippen LogP) is 1.59. The average molecular weight is 274 g/mol. The molecule has 0 saturated heterocycles. The van der Waals surface area contributed by atoms with E-state index in [1.165, 1.54) is 7.11 Å². The Hall–Kier alpha value is -1.76. The maximum atomic E-state index is 12.8. The second kappa shape index (κ2) is 6.98. The van der Waals surface area contributed by atoms with Gasteiger partial charge in [-0.1, -0.05) is 0 Å². The minimum Gasteiger partial charge on any atom is -0.495 e. The number of aromatic nitrogens is 1. The molecule has 0 atom stereocenters. The molecule has 7 heteroatoms. The zero-order valence-electron chi connectivity index (χ0n) is 10.8. The maximum Gasteiger partial charge on any atom is 0.310 e. The van der Waals surface area contributed by atoms with Gasteiger partial charge in [-0.2, -0.15) is 0 Å². The molecule has 0 aliphatic carbocycles. The van der Waals surface area contributed by atoms with Crippen LogP contribution in [0, 0.1) is 0 Å². The van der Waals surface area contributed by atoms with Crippen molar-refractivity contribution in [2.45, 2.75) is 26.3 Å². The molecule has 1 aromatic heterocycles. The fraction of sp³-hybridized carbons (Fsp3) is 0.500. The summed E-state index contributed by atoms with van der Waals surface area (Å²) in [7, 11) is 1.37. The first kappa shape index (κ1) is 15.3. The van der Waals surface area contributed by atoms with Gasteiger partial charge in [0.2, 0.25) is 0 Å². The van der Waals surface area contributed by atoms with Crippen LogP contribution in [0.4, 0.5) is 8.78 Å². The van der Waals surface area contributed by atoms with Crippen molar-refractivity contribution in [2.24, 2.45) is 5.73 Å². The number of methoxy groups -OCH3 is 1. The number of nitrogens with two attached hydrogens (primary N) is 1. The first-order chi connectivity index (χ1) is 9.04. The number of carbonyl (C=O) groups is 1. The van der Waals surface area contributed by atoms with E-state index in [1.54, 1.807) is 6.92 Å². The number of carbonyl (C=O) groups excluding carboxylic acids is 1. The summed E-state index contributed by atoms with van der Waals surface area (Å²) in [5.41, 5.74) is 5.48. The average Bonchev–Trinajstić information content (AvgIpc) is 2.38. The lowest BCUT2D eigenvalue weighted by Gasteiger charge is -2.15. The molecule has 1 aromatic rings. The first-order valence-corrected chi connectivity index (χ1v) is 5.73. The van der Waals surface area contributed by atoms with E-state index in [-0.39, 0.29) is 30.9 Å². The molecular weight excluding hydrogens is 258 g/mol. The van der Waals surface area contributed by atoms with E-state index in [0.717, 1.165) is 6.20 Å². The molecular formula is C12H16F2N2O3. The van der Waals surface area contributed by atoms with Gasteiger partial charge in [-0.25, -0.2) is 8.78 Å². The number of hydrogen-bond donors (Lipinski definition) is 1. The summed E-state index contributed by atoms with van der Waals surface area (Å²) < 4.78 is 35.5. The van der Waals surface area contributed by atoms with Crippen molar-refractivity contribution in [3.8, 4) is 5.75 Å². The Bertz CT molecular complexity index is 453. The topological polar surface area (TPSA) is 74.4 Å². The van der Waals surface area contributed by atoms with Gasteiger partial charge in [0.1, 0.15) is 11.4 Å². The van der Waals surface area contributed by atoms with E-state index in [4.69, 9.17) is 15.2 Å². The quantitative estimate of drug-likeness (QED) is 0.797. The van der Waals surface area contributed by atoms with Crippen molar-refractivity contribution in [3.05, 3.63) is 23.0 Å². The molecule has 1 rings (SSSR count). The van der Waals surface area contributed by atoms with Crippen LogP contribution in [0.2, 0.25) is 0 Å². The van der Waals surface area contributed by atoms with Gasteiger partial charge in [-0.15, -0.1) is 0 Å². The summed E-state index contributed by atoms with van der Waals surface area (Å²) in [5, 5.41) is 0. The molecule has 0 aromatic carbocycles. The normalized spacial score (nSPS) is 10.6. The molecule has 19 heavy (non-hydrogen) atoms. The minimum absolute atomic E-state index is 0.127. The number of nitrogens with zero attached hydrogens (tertiary/aromatic N) is 1. The summed E-state index contributed by atoms with van der Waals surface area (Å²) in [4.78, 5) is 15.1. The van der Waals surface area contributed by atoms with Gasteiger partial charge in [-0.3, -0.25) is 9.78 Å². The molecule has 0 spiro atoms. The molecule has 0 unspecified atom stereocenters. The molecule has 1 heterocycles. The molecule has 0 radical (unpaired) electrons. The van der Waals surface area contributed by atoms with Crippen LogP contribution in [0.3, 0.4) is 0 Å². The Morgan fingerprint density at radius 1 is 1.47 bits per heavy atom. The fourth-order valence-corrected chi connectivity index (χ4v) is 1.73. The van der Waals surface area contributed by atoms with E-state index >= 15 is 0 Å². The summed E-state index contributed by atoms with van der Waals surface area (Å²) >= 11 is 0. The van der Waals surface area contributed by atoms with Crippen LogP contribution in [0.15, 0.2) is 6.20 Å². The smallest absolute Gasteiger partial charge is 0.310 e.